The number of hydrogen-bond acceptors (Lipinski definition) is 4. The molecule has 0 spiro atoms. The first-order chi connectivity index (χ1) is 14.0. The van der Waals surface area contributed by atoms with E-state index in [4.69, 9.17) is 14.5 Å². The molecule has 0 bridgehead atoms. The molecule has 7 heteroatoms. The first-order valence-corrected chi connectivity index (χ1v) is 11.5. The Hall–Kier alpha value is -1.34. The Labute approximate surface area is 176 Å². The molecule has 0 aromatic rings. The molecule has 1 amide bonds. The van der Waals surface area contributed by atoms with E-state index in [1.807, 2.05) is 14.1 Å². The number of hydrogen-bond donors (Lipinski definition) is 1. The standard InChI is InChI=1S/C22H40N4O3/c1-4-23-21(24-17-22(11-5-6-12-22)20(27)25(2)3)26-13-9-18(10-14-26)29-16-19-8-7-15-28-19/h18-19H,4-17H2,1-3H3,(H,23,24). The van der Waals surface area contributed by atoms with Crippen LogP contribution < -0.4 is 5.32 Å². The molecule has 1 unspecified atom stereocenters. The number of likely N-dealkylation sites (tertiary alicyclic amines) is 1. The van der Waals surface area contributed by atoms with E-state index in [9.17, 15) is 4.79 Å². The summed E-state index contributed by atoms with van der Waals surface area (Å²) in [5, 5.41) is 3.44. The molecule has 2 aliphatic heterocycles. The van der Waals surface area contributed by atoms with Gasteiger partial charge in [-0.05, 0) is 45.4 Å². The number of ether oxygens (including phenoxy) is 2. The summed E-state index contributed by atoms with van der Waals surface area (Å²) in [6, 6.07) is 0. The van der Waals surface area contributed by atoms with Gasteiger partial charge in [0, 0.05) is 40.3 Å². The number of piperidine rings is 1. The average Bonchev–Trinajstić information content (AvgIpc) is 3.42. The Morgan fingerprint density at radius 2 is 1.93 bits per heavy atom. The van der Waals surface area contributed by atoms with Crippen molar-refractivity contribution in [3.05, 3.63) is 0 Å². The van der Waals surface area contributed by atoms with Crippen LogP contribution in [0.3, 0.4) is 0 Å². The maximum Gasteiger partial charge on any atom is 0.230 e. The second-order valence-corrected chi connectivity index (χ2v) is 9.01. The van der Waals surface area contributed by atoms with Crippen molar-refractivity contribution < 1.29 is 14.3 Å². The maximum absolute atomic E-state index is 12.8. The molecular weight excluding hydrogens is 368 g/mol. The van der Waals surface area contributed by atoms with E-state index in [1.54, 1.807) is 4.90 Å². The number of rotatable bonds is 7. The first kappa shape index (κ1) is 22.3. The van der Waals surface area contributed by atoms with Gasteiger partial charge in [0.2, 0.25) is 5.91 Å². The Kier molecular flexibility index (Phi) is 8.18. The van der Waals surface area contributed by atoms with Crippen molar-refractivity contribution in [1.29, 1.82) is 0 Å². The van der Waals surface area contributed by atoms with Gasteiger partial charge >= 0.3 is 0 Å². The van der Waals surface area contributed by atoms with E-state index in [-0.39, 0.29) is 11.3 Å². The molecule has 3 aliphatic rings. The van der Waals surface area contributed by atoms with Gasteiger partial charge in [0.25, 0.3) is 0 Å². The van der Waals surface area contributed by atoms with Crippen LogP contribution in [0.2, 0.25) is 0 Å². The summed E-state index contributed by atoms with van der Waals surface area (Å²) in [5.74, 6) is 1.18. The van der Waals surface area contributed by atoms with Gasteiger partial charge < -0.3 is 24.6 Å². The summed E-state index contributed by atoms with van der Waals surface area (Å²) >= 11 is 0. The van der Waals surface area contributed by atoms with Gasteiger partial charge in [-0.3, -0.25) is 9.79 Å². The summed E-state index contributed by atoms with van der Waals surface area (Å²) in [4.78, 5) is 21.9. The van der Waals surface area contributed by atoms with Gasteiger partial charge in [-0.1, -0.05) is 12.8 Å². The van der Waals surface area contributed by atoms with Gasteiger partial charge in [0.1, 0.15) is 0 Å². The molecular formula is C22H40N4O3. The Morgan fingerprint density at radius 1 is 1.21 bits per heavy atom. The summed E-state index contributed by atoms with van der Waals surface area (Å²) in [6.07, 6.45) is 9.07. The molecule has 2 saturated heterocycles. The third kappa shape index (κ3) is 5.85. The largest absolute Gasteiger partial charge is 0.376 e. The number of carbonyl (C=O) groups is 1. The third-order valence-electron chi connectivity index (χ3n) is 6.57. The van der Waals surface area contributed by atoms with E-state index in [2.05, 4.69) is 17.1 Å². The van der Waals surface area contributed by atoms with Crippen molar-refractivity contribution in [2.24, 2.45) is 10.4 Å². The van der Waals surface area contributed by atoms with E-state index < -0.39 is 0 Å². The highest BCUT2D eigenvalue weighted by Gasteiger charge is 2.42. The van der Waals surface area contributed by atoms with Crippen molar-refractivity contribution in [2.75, 3.05) is 53.5 Å². The molecule has 29 heavy (non-hydrogen) atoms. The van der Waals surface area contributed by atoms with Crippen LogP contribution in [0.5, 0.6) is 0 Å². The Bertz CT molecular complexity index is 546. The zero-order valence-corrected chi connectivity index (χ0v) is 18.6. The zero-order valence-electron chi connectivity index (χ0n) is 18.6. The Morgan fingerprint density at radius 3 is 2.52 bits per heavy atom. The van der Waals surface area contributed by atoms with E-state index in [0.717, 1.165) is 90.2 Å². The number of amides is 1. The van der Waals surface area contributed by atoms with Crippen LogP contribution in [0.15, 0.2) is 4.99 Å². The monoisotopic (exact) mass is 408 g/mol. The van der Waals surface area contributed by atoms with Crippen molar-refractivity contribution in [2.45, 2.75) is 70.5 Å². The lowest BCUT2D eigenvalue weighted by molar-refractivity contribution is -0.138. The molecule has 0 radical (unpaired) electrons. The zero-order chi connectivity index (χ0) is 20.7. The highest BCUT2D eigenvalue weighted by molar-refractivity contribution is 5.84. The van der Waals surface area contributed by atoms with Crippen LogP contribution in [0.1, 0.15) is 58.3 Å². The van der Waals surface area contributed by atoms with Gasteiger partial charge in [-0.15, -0.1) is 0 Å². The summed E-state index contributed by atoms with van der Waals surface area (Å²) in [6.45, 7) is 7.02. The minimum absolute atomic E-state index is 0.232. The fourth-order valence-electron chi connectivity index (χ4n) is 4.87. The smallest absolute Gasteiger partial charge is 0.230 e. The fourth-order valence-corrected chi connectivity index (χ4v) is 4.87. The molecule has 2 heterocycles. The lowest BCUT2D eigenvalue weighted by Gasteiger charge is -2.35. The van der Waals surface area contributed by atoms with Crippen LogP contribution in [0, 0.1) is 5.41 Å². The second-order valence-electron chi connectivity index (χ2n) is 9.01. The number of nitrogens with zero attached hydrogens (tertiary/aromatic N) is 3. The molecule has 1 N–H and O–H groups in total. The average molecular weight is 409 g/mol. The van der Waals surface area contributed by atoms with Crippen molar-refractivity contribution in [3.8, 4) is 0 Å². The fraction of sp³-hybridized carbons (Fsp3) is 0.909. The maximum atomic E-state index is 12.8. The van der Waals surface area contributed by atoms with Crippen molar-refractivity contribution in [3.63, 3.8) is 0 Å². The molecule has 0 aromatic heterocycles. The number of guanidine groups is 1. The van der Waals surface area contributed by atoms with Crippen LogP contribution in [0.4, 0.5) is 0 Å². The molecule has 3 rings (SSSR count). The van der Waals surface area contributed by atoms with Crippen LogP contribution in [0.25, 0.3) is 0 Å². The molecule has 166 valence electrons. The highest BCUT2D eigenvalue weighted by Crippen LogP contribution is 2.39. The second kappa shape index (κ2) is 10.6. The topological polar surface area (TPSA) is 66.4 Å². The van der Waals surface area contributed by atoms with Crippen molar-refractivity contribution in [1.82, 2.24) is 15.1 Å². The minimum atomic E-state index is -0.313. The lowest BCUT2D eigenvalue weighted by Crippen LogP contribution is -2.48. The summed E-state index contributed by atoms with van der Waals surface area (Å²) < 4.78 is 11.8. The van der Waals surface area contributed by atoms with E-state index in [1.165, 1.54) is 0 Å². The van der Waals surface area contributed by atoms with Gasteiger partial charge in [0.05, 0.1) is 30.8 Å². The van der Waals surface area contributed by atoms with Crippen LogP contribution in [-0.2, 0) is 14.3 Å². The number of nitrogens with one attached hydrogen (secondary N) is 1. The molecule has 7 nitrogen and oxygen atoms in total. The molecule has 0 aromatic carbocycles. The molecule has 1 atom stereocenters. The van der Waals surface area contributed by atoms with Gasteiger partial charge in [-0.2, -0.15) is 0 Å². The number of aliphatic imine (C=N–C) groups is 1. The quantitative estimate of drug-likeness (QED) is 0.517. The van der Waals surface area contributed by atoms with Crippen molar-refractivity contribution >= 4 is 11.9 Å². The highest BCUT2D eigenvalue weighted by atomic mass is 16.5. The van der Waals surface area contributed by atoms with Gasteiger partial charge in [0.15, 0.2) is 5.96 Å². The first-order valence-electron chi connectivity index (χ1n) is 11.5. The van der Waals surface area contributed by atoms with E-state index in [0.29, 0.717) is 18.8 Å². The summed E-state index contributed by atoms with van der Waals surface area (Å²) in [7, 11) is 3.72. The Balaban J connectivity index is 1.54. The molecule has 1 saturated carbocycles. The van der Waals surface area contributed by atoms with Gasteiger partial charge in [-0.25, -0.2) is 0 Å². The van der Waals surface area contributed by atoms with Crippen LogP contribution in [-0.4, -0.2) is 87.4 Å². The summed E-state index contributed by atoms with van der Waals surface area (Å²) in [5.41, 5.74) is -0.313. The third-order valence-corrected chi connectivity index (χ3v) is 6.57. The normalized spacial score (nSPS) is 25.4. The minimum Gasteiger partial charge on any atom is -0.376 e. The molecule has 1 aliphatic carbocycles. The lowest BCUT2D eigenvalue weighted by atomic mass is 9.85. The van der Waals surface area contributed by atoms with Crippen LogP contribution >= 0.6 is 0 Å². The van der Waals surface area contributed by atoms with E-state index >= 15 is 0 Å². The predicted molar refractivity (Wildman–Crippen MR) is 115 cm³/mol. The number of carbonyl (C=O) groups excluding carboxylic acids is 1. The predicted octanol–water partition coefficient (Wildman–Crippen LogP) is 2.26. The molecule has 3 fully saturated rings. The SMILES string of the molecule is CCNC(=NCC1(C(=O)N(C)C)CCCC1)N1CCC(OCC2CCCO2)CC1.